The molecule has 134 valence electrons. The predicted molar refractivity (Wildman–Crippen MR) is 99.0 cm³/mol. The lowest BCUT2D eigenvalue weighted by Gasteiger charge is -2.24. The molecule has 0 radical (unpaired) electrons. The number of nitrogens with one attached hydrogen (secondary N) is 1. The van der Waals surface area contributed by atoms with Crippen molar-refractivity contribution >= 4 is 40.5 Å². The number of hydrogen-bond donors (Lipinski definition) is 2. The van der Waals surface area contributed by atoms with Gasteiger partial charge in [0.15, 0.2) is 0 Å². The molecule has 0 aliphatic carbocycles. The minimum atomic E-state index is -0.933. The first-order valence-electron chi connectivity index (χ1n) is 7.92. The quantitative estimate of drug-likeness (QED) is 0.811. The summed E-state index contributed by atoms with van der Waals surface area (Å²) in [4.78, 5) is 16.0. The zero-order valence-corrected chi connectivity index (χ0v) is 15.9. The van der Waals surface area contributed by atoms with E-state index in [1.54, 1.807) is 13.0 Å². The fraction of sp³-hybridized carbons (Fsp3) is 0.412. The number of ether oxygens (including phenoxy) is 1. The van der Waals surface area contributed by atoms with Crippen LogP contribution < -0.4 is 5.32 Å². The first-order chi connectivity index (χ1) is 12.0. The number of rotatable bonds is 4. The van der Waals surface area contributed by atoms with Gasteiger partial charge in [0.2, 0.25) is 0 Å². The molecule has 25 heavy (non-hydrogen) atoms. The predicted octanol–water partition coefficient (Wildman–Crippen LogP) is 3.98. The number of nitrogens with zero attached hydrogens (tertiary/aromatic N) is 1. The molecule has 1 fully saturated rings. The van der Waals surface area contributed by atoms with Gasteiger partial charge < -0.3 is 15.2 Å². The third kappa shape index (κ3) is 4.33. The number of aromatic nitrogens is 1. The Morgan fingerprint density at radius 3 is 2.92 bits per heavy atom. The second-order valence-electron chi connectivity index (χ2n) is 5.96. The number of aryl methyl sites for hydroxylation is 1. The van der Waals surface area contributed by atoms with Gasteiger partial charge in [-0.1, -0.05) is 29.3 Å². The van der Waals surface area contributed by atoms with Crippen LogP contribution in [0.4, 0.5) is 0 Å². The molecule has 1 aliphatic rings. The van der Waals surface area contributed by atoms with Gasteiger partial charge in [0.1, 0.15) is 4.88 Å². The highest BCUT2D eigenvalue weighted by molar-refractivity contribution is 7.13. The van der Waals surface area contributed by atoms with Crippen LogP contribution in [-0.2, 0) is 11.2 Å². The van der Waals surface area contributed by atoms with Crippen LogP contribution in [0.1, 0.15) is 32.0 Å². The summed E-state index contributed by atoms with van der Waals surface area (Å²) in [6, 6.07) is 5.53. The van der Waals surface area contributed by atoms with E-state index in [2.05, 4.69) is 10.3 Å². The summed E-state index contributed by atoms with van der Waals surface area (Å²) in [7, 11) is 0. The molecule has 1 aliphatic heterocycles. The first-order valence-corrected chi connectivity index (χ1v) is 9.50. The van der Waals surface area contributed by atoms with Crippen LogP contribution in [0.2, 0.25) is 10.0 Å². The molecule has 0 saturated carbocycles. The van der Waals surface area contributed by atoms with E-state index in [1.807, 2.05) is 12.1 Å². The number of hydrogen-bond acceptors (Lipinski definition) is 5. The van der Waals surface area contributed by atoms with Crippen molar-refractivity contribution in [3.8, 4) is 0 Å². The van der Waals surface area contributed by atoms with Crippen LogP contribution in [0, 0.1) is 12.8 Å². The zero-order chi connectivity index (χ0) is 18.0. The lowest BCUT2D eigenvalue weighted by Crippen LogP contribution is -2.26. The van der Waals surface area contributed by atoms with Crippen molar-refractivity contribution in [2.75, 3.05) is 19.7 Å². The van der Waals surface area contributed by atoms with Gasteiger partial charge in [0, 0.05) is 25.4 Å². The average molecular weight is 401 g/mol. The number of carboxylic acids is 1. The van der Waals surface area contributed by atoms with Crippen molar-refractivity contribution in [3.63, 3.8) is 0 Å². The van der Waals surface area contributed by atoms with Crippen molar-refractivity contribution in [1.29, 1.82) is 0 Å². The maximum absolute atomic E-state index is 11.2. The van der Waals surface area contributed by atoms with Crippen LogP contribution in [0.25, 0.3) is 0 Å². The third-order valence-electron chi connectivity index (χ3n) is 4.16. The van der Waals surface area contributed by atoms with Crippen molar-refractivity contribution in [1.82, 2.24) is 10.3 Å². The molecule has 0 bridgehead atoms. The average Bonchev–Trinajstić information content (AvgIpc) is 2.78. The second-order valence-corrected chi connectivity index (χ2v) is 7.86. The van der Waals surface area contributed by atoms with E-state index in [-0.39, 0.29) is 12.0 Å². The molecule has 8 heteroatoms. The Morgan fingerprint density at radius 1 is 1.44 bits per heavy atom. The largest absolute Gasteiger partial charge is 0.477 e. The molecule has 2 atom stereocenters. The smallest absolute Gasteiger partial charge is 0.347 e. The Bertz CT molecular complexity index is 781. The summed E-state index contributed by atoms with van der Waals surface area (Å²) in [6.07, 6.45) is 0.485. The number of thiazole rings is 1. The van der Waals surface area contributed by atoms with Crippen LogP contribution in [-0.4, -0.2) is 35.8 Å². The van der Waals surface area contributed by atoms with E-state index in [1.165, 1.54) is 11.3 Å². The lowest BCUT2D eigenvalue weighted by atomic mass is 9.93. The number of aromatic carboxylic acids is 1. The molecule has 2 N–H and O–H groups in total. The summed E-state index contributed by atoms with van der Waals surface area (Å²) in [6.45, 7) is 3.85. The number of benzene rings is 1. The Kier molecular flexibility index (Phi) is 5.96. The normalized spacial score (nSPS) is 21.1. The van der Waals surface area contributed by atoms with E-state index in [9.17, 15) is 9.90 Å². The summed E-state index contributed by atoms with van der Waals surface area (Å²) in [5, 5.41) is 14.4. The maximum atomic E-state index is 11.2. The molecule has 1 saturated heterocycles. The van der Waals surface area contributed by atoms with E-state index in [0.29, 0.717) is 33.6 Å². The molecule has 1 aromatic heterocycles. The van der Waals surface area contributed by atoms with Gasteiger partial charge in [-0.25, -0.2) is 9.78 Å². The highest BCUT2D eigenvalue weighted by Gasteiger charge is 2.28. The monoisotopic (exact) mass is 400 g/mol. The van der Waals surface area contributed by atoms with Gasteiger partial charge in [-0.15, -0.1) is 11.3 Å². The van der Waals surface area contributed by atoms with E-state index >= 15 is 0 Å². The standard InChI is InChI=1S/C17H18Cl2N2O3S/c1-9-16(17(22)23)25-14(21-9)7-11-8-20-4-5-24-15(11)10-2-3-12(18)13(19)6-10/h2-3,6,11,15,20H,4-5,7-8H2,1H3,(H,22,23). The summed E-state index contributed by atoms with van der Waals surface area (Å²) >= 11 is 13.4. The maximum Gasteiger partial charge on any atom is 0.347 e. The minimum Gasteiger partial charge on any atom is -0.477 e. The molecule has 2 aromatic rings. The van der Waals surface area contributed by atoms with Crippen LogP contribution in [0.15, 0.2) is 18.2 Å². The van der Waals surface area contributed by atoms with Crippen LogP contribution >= 0.6 is 34.5 Å². The summed E-state index contributed by atoms with van der Waals surface area (Å²) < 4.78 is 6.05. The molecular weight excluding hydrogens is 383 g/mol. The van der Waals surface area contributed by atoms with Crippen molar-refractivity contribution in [2.24, 2.45) is 5.92 Å². The van der Waals surface area contributed by atoms with Crippen molar-refractivity contribution < 1.29 is 14.6 Å². The van der Waals surface area contributed by atoms with Gasteiger partial charge in [-0.05, 0) is 24.6 Å². The summed E-state index contributed by atoms with van der Waals surface area (Å²) in [5.74, 6) is -0.815. The highest BCUT2D eigenvalue weighted by Crippen LogP contribution is 2.34. The molecule has 1 aromatic carbocycles. The Balaban J connectivity index is 1.86. The molecule has 3 rings (SSSR count). The second kappa shape index (κ2) is 8.01. The number of carboxylic acid groups (broad SMARTS) is 1. The van der Waals surface area contributed by atoms with E-state index in [0.717, 1.165) is 23.7 Å². The van der Waals surface area contributed by atoms with Gasteiger partial charge >= 0.3 is 5.97 Å². The van der Waals surface area contributed by atoms with Gasteiger partial charge in [0.25, 0.3) is 0 Å². The van der Waals surface area contributed by atoms with Crippen molar-refractivity contribution in [2.45, 2.75) is 19.4 Å². The fourth-order valence-corrected chi connectivity index (χ4v) is 4.29. The lowest BCUT2D eigenvalue weighted by molar-refractivity contribution is 0.0307. The van der Waals surface area contributed by atoms with Gasteiger partial charge in [0.05, 0.1) is 33.5 Å². The minimum absolute atomic E-state index is 0.118. The topological polar surface area (TPSA) is 71.5 Å². The van der Waals surface area contributed by atoms with E-state index in [4.69, 9.17) is 27.9 Å². The molecule has 2 unspecified atom stereocenters. The SMILES string of the molecule is Cc1nc(CC2CNCCOC2c2ccc(Cl)c(Cl)c2)sc1C(=O)O. The molecular formula is C17H18Cl2N2O3S. The van der Waals surface area contributed by atoms with E-state index < -0.39 is 5.97 Å². The Morgan fingerprint density at radius 2 is 2.24 bits per heavy atom. The summed E-state index contributed by atoms with van der Waals surface area (Å²) in [5.41, 5.74) is 1.52. The third-order valence-corrected chi connectivity index (χ3v) is 6.06. The zero-order valence-electron chi connectivity index (χ0n) is 13.6. The molecule has 5 nitrogen and oxygen atoms in total. The fourth-order valence-electron chi connectivity index (χ4n) is 2.99. The molecule has 2 heterocycles. The van der Waals surface area contributed by atoms with Gasteiger partial charge in [-0.2, -0.15) is 0 Å². The van der Waals surface area contributed by atoms with Crippen molar-refractivity contribution in [3.05, 3.63) is 49.4 Å². The Hall–Kier alpha value is -1.18. The molecule has 0 spiro atoms. The highest BCUT2D eigenvalue weighted by atomic mass is 35.5. The van der Waals surface area contributed by atoms with Crippen LogP contribution in [0.3, 0.4) is 0 Å². The number of carbonyl (C=O) groups is 1. The Labute approximate surface area is 159 Å². The number of halogens is 2. The van der Waals surface area contributed by atoms with Gasteiger partial charge in [-0.3, -0.25) is 0 Å². The molecule has 0 amide bonds. The van der Waals surface area contributed by atoms with Crippen LogP contribution in [0.5, 0.6) is 0 Å². The first kappa shape index (κ1) is 18.6.